The standard InChI is InChI=1S/C28H50O4/c1-3-4-5-6-7-8-9-10-11-12-13-14-15-16-20-31-24-28(30-2)25-32-23-27-19-17-18-26(21-27)22-29/h17-19,21,28-29H,3-16,20,22-25H2,1-2H3. The Morgan fingerprint density at radius 2 is 1.25 bits per heavy atom. The van der Waals surface area contributed by atoms with Gasteiger partial charge in [-0.3, -0.25) is 0 Å². The molecule has 1 rings (SSSR count). The average molecular weight is 451 g/mol. The van der Waals surface area contributed by atoms with E-state index in [4.69, 9.17) is 14.2 Å². The first-order chi connectivity index (χ1) is 15.8. The fraction of sp³-hybridized carbons (Fsp3) is 0.786. The lowest BCUT2D eigenvalue weighted by Gasteiger charge is -2.16. The van der Waals surface area contributed by atoms with Gasteiger partial charge in [-0.1, -0.05) is 115 Å². The molecule has 0 aliphatic heterocycles. The van der Waals surface area contributed by atoms with E-state index in [1.807, 2.05) is 24.3 Å². The van der Waals surface area contributed by atoms with Gasteiger partial charge >= 0.3 is 0 Å². The van der Waals surface area contributed by atoms with Gasteiger partial charge in [0.1, 0.15) is 6.10 Å². The molecule has 1 aromatic carbocycles. The van der Waals surface area contributed by atoms with Crippen LogP contribution in [0.15, 0.2) is 24.3 Å². The van der Waals surface area contributed by atoms with Gasteiger partial charge in [0.2, 0.25) is 0 Å². The Labute approximate surface area is 198 Å². The third kappa shape index (κ3) is 16.7. The van der Waals surface area contributed by atoms with Crippen LogP contribution in [0.3, 0.4) is 0 Å². The van der Waals surface area contributed by atoms with Gasteiger partial charge in [0.05, 0.1) is 26.4 Å². The molecule has 0 aromatic heterocycles. The van der Waals surface area contributed by atoms with E-state index in [2.05, 4.69) is 6.92 Å². The Bertz CT molecular complexity index is 520. The minimum absolute atomic E-state index is 0.0392. The molecule has 0 heterocycles. The Hall–Kier alpha value is -0.940. The molecule has 1 atom stereocenters. The second kappa shape index (κ2) is 21.9. The number of rotatable bonds is 23. The van der Waals surface area contributed by atoms with Gasteiger partial charge in [-0.05, 0) is 17.5 Å². The van der Waals surface area contributed by atoms with Crippen LogP contribution in [-0.2, 0) is 27.4 Å². The molecule has 1 aromatic rings. The van der Waals surface area contributed by atoms with E-state index in [1.54, 1.807) is 7.11 Å². The van der Waals surface area contributed by atoms with Gasteiger partial charge < -0.3 is 19.3 Å². The molecular formula is C28H50O4. The molecule has 1 N–H and O–H groups in total. The van der Waals surface area contributed by atoms with Crippen molar-refractivity contribution in [3.63, 3.8) is 0 Å². The van der Waals surface area contributed by atoms with Crippen molar-refractivity contribution < 1.29 is 19.3 Å². The highest BCUT2D eigenvalue weighted by atomic mass is 16.6. The first-order valence-corrected chi connectivity index (χ1v) is 13.2. The Morgan fingerprint density at radius 1 is 0.719 bits per heavy atom. The molecule has 0 aliphatic carbocycles. The average Bonchev–Trinajstić information content (AvgIpc) is 2.82. The summed E-state index contributed by atoms with van der Waals surface area (Å²) < 4.78 is 17.0. The molecule has 32 heavy (non-hydrogen) atoms. The number of hydrogen-bond donors (Lipinski definition) is 1. The van der Waals surface area contributed by atoms with Crippen molar-refractivity contribution >= 4 is 0 Å². The molecule has 0 spiro atoms. The predicted octanol–water partition coefficient (Wildman–Crippen LogP) is 7.21. The highest BCUT2D eigenvalue weighted by Gasteiger charge is 2.08. The van der Waals surface area contributed by atoms with Crippen molar-refractivity contribution in [1.82, 2.24) is 0 Å². The van der Waals surface area contributed by atoms with Crippen LogP contribution >= 0.6 is 0 Å². The number of benzene rings is 1. The van der Waals surface area contributed by atoms with E-state index in [-0.39, 0.29) is 12.7 Å². The number of aliphatic hydroxyl groups excluding tert-OH is 1. The molecular weight excluding hydrogens is 400 g/mol. The molecule has 0 amide bonds. The zero-order valence-electron chi connectivity index (χ0n) is 21.0. The van der Waals surface area contributed by atoms with Crippen molar-refractivity contribution in [2.75, 3.05) is 26.9 Å². The Morgan fingerprint density at radius 3 is 1.81 bits per heavy atom. The summed E-state index contributed by atoms with van der Waals surface area (Å²) >= 11 is 0. The smallest absolute Gasteiger partial charge is 0.104 e. The summed E-state index contributed by atoms with van der Waals surface area (Å²) in [5.41, 5.74) is 1.97. The zero-order valence-corrected chi connectivity index (χ0v) is 21.0. The minimum atomic E-state index is -0.0392. The van der Waals surface area contributed by atoms with Gasteiger partial charge in [-0.2, -0.15) is 0 Å². The SMILES string of the molecule is CCCCCCCCCCCCCCCCOCC(COCc1cccc(CO)c1)OC. The fourth-order valence-corrected chi connectivity index (χ4v) is 3.92. The first kappa shape index (κ1) is 29.1. The van der Waals surface area contributed by atoms with Crippen molar-refractivity contribution in [2.45, 2.75) is 116 Å². The second-order valence-electron chi connectivity index (χ2n) is 9.02. The van der Waals surface area contributed by atoms with Crippen LogP contribution in [0.2, 0.25) is 0 Å². The topological polar surface area (TPSA) is 47.9 Å². The van der Waals surface area contributed by atoms with Gasteiger partial charge in [0.15, 0.2) is 0 Å². The third-order valence-corrected chi connectivity index (χ3v) is 6.03. The number of hydrogen-bond acceptors (Lipinski definition) is 4. The van der Waals surface area contributed by atoms with Crippen LogP contribution in [0, 0.1) is 0 Å². The van der Waals surface area contributed by atoms with Gasteiger partial charge in [0, 0.05) is 13.7 Å². The molecule has 1 unspecified atom stereocenters. The van der Waals surface area contributed by atoms with Crippen LogP contribution < -0.4 is 0 Å². The van der Waals surface area contributed by atoms with Gasteiger partial charge in [-0.15, -0.1) is 0 Å². The lowest BCUT2D eigenvalue weighted by molar-refractivity contribution is -0.0451. The summed E-state index contributed by atoms with van der Waals surface area (Å²) in [6, 6.07) is 7.82. The highest BCUT2D eigenvalue weighted by molar-refractivity contribution is 5.22. The monoisotopic (exact) mass is 450 g/mol. The molecule has 0 fully saturated rings. The number of methoxy groups -OCH3 is 1. The van der Waals surface area contributed by atoms with E-state index < -0.39 is 0 Å². The fourth-order valence-electron chi connectivity index (χ4n) is 3.92. The summed E-state index contributed by atoms with van der Waals surface area (Å²) in [6.45, 7) is 4.75. The van der Waals surface area contributed by atoms with Gasteiger partial charge in [0.25, 0.3) is 0 Å². The Balaban J connectivity index is 1.87. The zero-order chi connectivity index (χ0) is 23.1. The quantitative estimate of drug-likeness (QED) is 0.179. The number of ether oxygens (including phenoxy) is 3. The van der Waals surface area contributed by atoms with Crippen LogP contribution in [0.5, 0.6) is 0 Å². The van der Waals surface area contributed by atoms with Crippen molar-refractivity contribution in [1.29, 1.82) is 0 Å². The Kier molecular flexibility index (Phi) is 19.9. The van der Waals surface area contributed by atoms with E-state index in [1.165, 1.54) is 83.5 Å². The molecule has 0 saturated carbocycles. The molecule has 4 nitrogen and oxygen atoms in total. The first-order valence-electron chi connectivity index (χ1n) is 13.2. The number of aliphatic hydroxyl groups is 1. The molecule has 0 radical (unpaired) electrons. The maximum atomic E-state index is 9.21. The highest BCUT2D eigenvalue weighted by Crippen LogP contribution is 2.13. The maximum absolute atomic E-state index is 9.21. The van der Waals surface area contributed by atoms with Crippen LogP contribution in [0.4, 0.5) is 0 Å². The van der Waals surface area contributed by atoms with Crippen molar-refractivity contribution in [3.05, 3.63) is 35.4 Å². The molecule has 0 aliphatic rings. The maximum Gasteiger partial charge on any atom is 0.104 e. The molecule has 186 valence electrons. The summed E-state index contributed by atoms with van der Waals surface area (Å²) in [4.78, 5) is 0. The largest absolute Gasteiger partial charge is 0.392 e. The lowest BCUT2D eigenvalue weighted by atomic mass is 10.0. The van der Waals surface area contributed by atoms with E-state index in [0.717, 1.165) is 24.2 Å². The summed E-state index contributed by atoms with van der Waals surface area (Å²) in [7, 11) is 1.70. The van der Waals surface area contributed by atoms with Crippen molar-refractivity contribution in [2.24, 2.45) is 0 Å². The van der Waals surface area contributed by atoms with Crippen LogP contribution in [0.1, 0.15) is 108 Å². The molecule has 4 heteroatoms. The van der Waals surface area contributed by atoms with E-state index in [9.17, 15) is 5.11 Å². The molecule has 0 saturated heterocycles. The summed E-state index contributed by atoms with van der Waals surface area (Å²) in [5.74, 6) is 0. The third-order valence-electron chi connectivity index (χ3n) is 6.03. The van der Waals surface area contributed by atoms with E-state index >= 15 is 0 Å². The van der Waals surface area contributed by atoms with Crippen molar-refractivity contribution in [3.8, 4) is 0 Å². The normalized spacial score (nSPS) is 12.3. The number of unbranched alkanes of at least 4 members (excludes halogenated alkanes) is 13. The molecule has 0 bridgehead atoms. The lowest BCUT2D eigenvalue weighted by Crippen LogP contribution is -2.24. The van der Waals surface area contributed by atoms with Gasteiger partial charge in [-0.25, -0.2) is 0 Å². The minimum Gasteiger partial charge on any atom is -0.392 e. The van der Waals surface area contributed by atoms with Crippen LogP contribution in [-0.4, -0.2) is 38.1 Å². The van der Waals surface area contributed by atoms with E-state index in [0.29, 0.717) is 19.8 Å². The van der Waals surface area contributed by atoms with Crippen LogP contribution in [0.25, 0.3) is 0 Å². The predicted molar refractivity (Wildman–Crippen MR) is 134 cm³/mol. The second-order valence-corrected chi connectivity index (χ2v) is 9.02. The summed E-state index contributed by atoms with van der Waals surface area (Å²) in [5, 5.41) is 9.21. The summed E-state index contributed by atoms with van der Waals surface area (Å²) in [6.07, 6.45) is 19.2.